The van der Waals surface area contributed by atoms with Gasteiger partial charge in [0.05, 0.1) is 6.34 Å². The maximum atomic E-state index is 4.14. The lowest BCUT2D eigenvalue weighted by Crippen LogP contribution is -2.25. The van der Waals surface area contributed by atoms with Crippen LogP contribution < -0.4 is 5.32 Å². The van der Waals surface area contributed by atoms with Gasteiger partial charge >= 0.3 is 0 Å². The smallest absolute Gasteiger partial charge is 0.0907 e. The molecule has 21 heavy (non-hydrogen) atoms. The van der Waals surface area contributed by atoms with E-state index >= 15 is 0 Å². The largest absolute Gasteiger partial charge is 0.359 e. The monoisotopic (exact) mass is 285 g/mol. The van der Waals surface area contributed by atoms with E-state index in [1.807, 2.05) is 12.5 Å². The first-order chi connectivity index (χ1) is 10.4. The zero-order valence-corrected chi connectivity index (χ0v) is 12.9. The van der Waals surface area contributed by atoms with E-state index in [0.717, 1.165) is 26.2 Å². The number of unbranched alkanes of at least 4 members (excludes halogenated alkanes) is 2. The van der Waals surface area contributed by atoms with Crippen LogP contribution in [0.3, 0.4) is 0 Å². The second-order valence-electron chi connectivity index (χ2n) is 5.54. The fourth-order valence-corrected chi connectivity index (χ4v) is 2.50. The molecule has 0 saturated heterocycles. The van der Waals surface area contributed by atoms with Gasteiger partial charge in [0.2, 0.25) is 0 Å². The first-order valence-electron chi connectivity index (χ1n) is 8.12. The van der Waals surface area contributed by atoms with Gasteiger partial charge in [0, 0.05) is 19.3 Å². The van der Waals surface area contributed by atoms with Crippen molar-refractivity contribution < 1.29 is 0 Å². The molecular formula is C18H27N3. The predicted molar refractivity (Wildman–Crippen MR) is 90.7 cm³/mol. The van der Waals surface area contributed by atoms with Crippen LogP contribution in [0.4, 0.5) is 0 Å². The maximum absolute atomic E-state index is 4.14. The molecule has 0 aromatic heterocycles. The van der Waals surface area contributed by atoms with Crippen molar-refractivity contribution in [3.05, 3.63) is 48.2 Å². The molecule has 1 heterocycles. The third-order valence-corrected chi connectivity index (χ3v) is 3.72. The number of rotatable bonds is 10. The lowest BCUT2D eigenvalue weighted by atomic mass is 10.1. The molecule has 1 aliphatic rings. The van der Waals surface area contributed by atoms with Crippen LogP contribution in [-0.2, 0) is 6.42 Å². The van der Waals surface area contributed by atoms with Gasteiger partial charge in [0.15, 0.2) is 0 Å². The fraction of sp³-hybridized carbons (Fsp3) is 0.500. The summed E-state index contributed by atoms with van der Waals surface area (Å²) in [4.78, 5) is 6.41. The Labute approximate surface area is 128 Å². The van der Waals surface area contributed by atoms with Crippen molar-refractivity contribution in [2.24, 2.45) is 4.99 Å². The number of hydrogen-bond acceptors (Lipinski definition) is 3. The molecule has 0 amide bonds. The Morgan fingerprint density at radius 1 is 1.00 bits per heavy atom. The number of benzene rings is 1. The number of hydrogen-bond donors (Lipinski definition) is 1. The minimum absolute atomic E-state index is 1.02. The molecule has 0 aliphatic carbocycles. The van der Waals surface area contributed by atoms with E-state index in [1.54, 1.807) is 0 Å². The quantitative estimate of drug-likeness (QED) is 0.668. The SMILES string of the molecule is C1=CN=CN(CCCCCNCCCc2ccccc2)C1. The molecular weight excluding hydrogens is 258 g/mol. The molecule has 114 valence electrons. The maximum Gasteiger partial charge on any atom is 0.0907 e. The molecule has 3 nitrogen and oxygen atoms in total. The van der Waals surface area contributed by atoms with Crippen molar-refractivity contribution in [3.63, 3.8) is 0 Å². The zero-order chi connectivity index (χ0) is 14.6. The highest BCUT2D eigenvalue weighted by Gasteiger charge is 1.99. The van der Waals surface area contributed by atoms with E-state index in [1.165, 1.54) is 37.7 Å². The highest BCUT2D eigenvalue weighted by atomic mass is 15.1. The molecule has 1 aromatic rings. The third-order valence-electron chi connectivity index (χ3n) is 3.72. The van der Waals surface area contributed by atoms with E-state index in [2.05, 4.69) is 51.6 Å². The molecule has 1 aromatic carbocycles. The summed E-state index contributed by atoms with van der Waals surface area (Å²) in [6.45, 7) is 4.41. The number of nitrogens with one attached hydrogen (secondary N) is 1. The van der Waals surface area contributed by atoms with Crippen LogP contribution in [-0.4, -0.2) is 37.4 Å². The van der Waals surface area contributed by atoms with Crippen molar-refractivity contribution >= 4 is 6.34 Å². The van der Waals surface area contributed by atoms with Gasteiger partial charge in [-0.3, -0.25) is 0 Å². The lowest BCUT2D eigenvalue weighted by molar-refractivity contribution is 0.442. The summed E-state index contributed by atoms with van der Waals surface area (Å²) in [6, 6.07) is 10.7. The van der Waals surface area contributed by atoms with Crippen molar-refractivity contribution in [2.45, 2.75) is 32.1 Å². The Balaban J connectivity index is 1.37. The van der Waals surface area contributed by atoms with Crippen molar-refractivity contribution in [3.8, 4) is 0 Å². The molecule has 0 unspecified atom stereocenters. The molecule has 0 bridgehead atoms. The van der Waals surface area contributed by atoms with Crippen molar-refractivity contribution in [1.82, 2.24) is 10.2 Å². The highest BCUT2D eigenvalue weighted by Crippen LogP contribution is 2.02. The van der Waals surface area contributed by atoms with E-state index in [0.29, 0.717) is 0 Å². The van der Waals surface area contributed by atoms with Crippen LogP contribution in [0, 0.1) is 0 Å². The average Bonchev–Trinajstić information content (AvgIpc) is 2.55. The summed E-state index contributed by atoms with van der Waals surface area (Å²) < 4.78 is 0. The summed E-state index contributed by atoms with van der Waals surface area (Å²) in [6.07, 6.45) is 12.1. The Kier molecular flexibility index (Phi) is 7.63. The van der Waals surface area contributed by atoms with E-state index in [9.17, 15) is 0 Å². The molecule has 0 radical (unpaired) electrons. The normalized spacial score (nSPS) is 13.8. The Bertz CT molecular complexity index is 425. The van der Waals surface area contributed by atoms with Crippen LogP contribution in [0.15, 0.2) is 47.6 Å². The summed E-state index contributed by atoms with van der Waals surface area (Å²) >= 11 is 0. The topological polar surface area (TPSA) is 27.6 Å². The Hall–Kier alpha value is -1.61. The van der Waals surface area contributed by atoms with E-state index < -0.39 is 0 Å². The van der Waals surface area contributed by atoms with Gasteiger partial charge in [-0.25, -0.2) is 4.99 Å². The zero-order valence-electron chi connectivity index (χ0n) is 12.9. The summed E-state index contributed by atoms with van der Waals surface area (Å²) in [7, 11) is 0. The van der Waals surface area contributed by atoms with Crippen LogP contribution in [0.1, 0.15) is 31.2 Å². The first-order valence-corrected chi connectivity index (χ1v) is 8.12. The van der Waals surface area contributed by atoms with Crippen molar-refractivity contribution in [1.29, 1.82) is 0 Å². The summed E-state index contributed by atoms with van der Waals surface area (Å²) in [5.41, 5.74) is 1.44. The fourth-order valence-electron chi connectivity index (χ4n) is 2.50. The van der Waals surface area contributed by atoms with Gasteiger partial charge in [-0.05, 0) is 50.4 Å². The molecule has 1 aliphatic heterocycles. The molecule has 0 saturated carbocycles. The third kappa shape index (κ3) is 7.09. The molecule has 0 atom stereocenters. The van der Waals surface area contributed by atoms with Crippen LogP contribution >= 0.6 is 0 Å². The summed E-state index contributed by atoms with van der Waals surface area (Å²) in [5.74, 6) is 0. The second-order valence-corrected chi connectivity index (χ2v) is 5.54. The van der Waals surface area contributed by atoms with Gasteiger partial charge in [-0.15, -0.1) is 0 Å². The van der Waals surface area contributed by atoms with Crippen molar-refractivity contribution in [2.75, 3.05) is 26.2 Å². The van der Waals surface area contributed by atoms with Crippen LogP contribution in [0.5, 0.6) is 0 Å². The average molecular weight is 285 g/mol. The molecule has 0 spiro atoms. The highest BCUT2D eigenvalue weighted by molar-refractivity contribution is 5.57. The van der Waals surface area contributed by atoms with Crippen LogP contribution in [0.2, 0.25) is 0 Å². The van der Waals surface area contributed by atoms with Crippen LogP contribution in [0.25, 0.3) is 0 Å². The number of aryl methyl sites for hydroxylation is 1. The predicted octanol–water partition coefficient (Wildman–Crippen LogP) is 3.24. The minimum atomic E-state index is 1.02. The summed E-state index contributed by atoms with van der Waals surface area (Å²) in [5, 5.41) is 3.54. The minimum Gasteiger partial charge on any atom is -0.359 e. The van der Waals surface area contributed by atoms with Gasteiger partial charge in [0.1, 0.15) is 0 Å². The van der Waals surface area contributed by atoms with Gasteiger partial charge in [0.25, 0.3) is 0 Å². The Morgan fingerprint density at radius 2 is 1.86 bits per heavy atom. The number of nitrogens with zero attached hydrogens (tertiary/aromatic N) is 2. The van der Waals surface area contributed by atoms with Gasteiger partial charge in [-0.2, -0.15) is 0 Å². The standard InChI is InChI=1S/C18H27N3/c1-3-9-18(10-4-1)11-7-13-19-12-5-2-6-15-21-16-8-14-20-17-21/h1,3-4,8-10,14,17,19H,2,5-7,11-13,15-16H2. The van der Waals surface area contributed by atoms with Gasteiger partial charge < -0.3 is 10.2 Å². The van der Waals surface area contributed by atoms with Gasteiger partial charge in [-0.1, -0.05) is 36.8 Å². The first kappa shape index (κ1) is 15.8. The lowest BCUT2D eigenvalue weighted by Gasteiger charge is -2.18. The molecule has 0 fully saturated rings. The molecule has 3 heteroatoms. The number of aliphatic imine (C=N–C) groups is 1. The molecule has 1 N–H and O–H groups in total. The molecule has 2 rings (SSSR count). The Morgan fingerprint density at radius 3 is 2.67 bits per heavy atom. The van der Waals surface area contributed by atoms with E-state index in [4.69, 9.17) is 0 Å². The van der Waals surface area contributed by atoms with E-state index in [-0.39, 0.29) is 0 Å². The second kappa shape index (κ2) is 10.2.